The van der Waals surface area contributed by atoms with Crippen LogP contribution in [0.25, 0.3) is 0 Å². The second-order valence-electron chi connectivity index (χ2n) is 5.07. The highest BCUT2D eigenvalue weighted by Crippen LogP contribution is 2.26. The molecule has 0 heterocycles. The van der Waals surface area contributed by atoms with E-state index in [0.29, 0.717) is 0 Å². The lowest BCUT2D eigenvalue weighted by Gasteiger charge is -2.27. The zero-order chi connectivity index (χ0) is 13.9. The van der Waals surface area contributed by atoms with E-state index in [1.165, 1.54) is 12.8 Å². The monoisotopic (exact) mass is 257 g/mol. The van der Waals surface area contributed by atoms with Gasteiger partial charge in [0.25, 0.3) is 0 Å². The predicted molar refractivity (Wildman–Crippen MR) is 78.4 cm³/mol. The van der Waals surface area contributed by atoms with Crippen molar-refractivity contribution in [2.75, 3.05) is 26.7 Å². The van der Waals surface area contributed by atoms with E-state index in [4.69, 9.17) is 5.11 Å². The molecule has 0 aromatic rings. The van der Waals surface area contributed by atoms with Gasteiger partial charge in [-0.25, -0.2) is 0 Å². The fourth-order valence-electron chi connectivity index (χ4n) is 1.79. The molecule has 2 unspecified atom stereocenters. The van der Waals surface area contributed by atoms with Crippen molar-refractivity contribution in [3.05, 3.63) is 12.7 Å². The van der Waals surface area contributed by atoms with Gasteiger partial charge in [-0.1, -0.05) is 26.3 Å². The highest BCUT2D eigenvalue weighted by Gasteiger charge is 2.19. The summed E-state index contributed by atoms with van der Waals surface area (Å²) in [6, 6.07) is 0. The van der Waals surface area contributed by atoms with Gasteiger partial charge in [-0.3, -0.25) is 16.0 Å². The van der Waals surface area contributed by atoms with Gasteiger partial charge in [-0.15, -0.1) is 6.58 Å². The smallest absolute Gasteiger partial charge is 0.111 e. The van der Waals surface area contributed by atoms with Gasteiger partial charge >= 0.3 is 0 Å². The van der Waals surface area contributed by atoms with Crippen molar-refractivity contribution < 1.29 is 5.11 Å². The summed E-state index contributed by atoms with van der Waals surface area (Å²) in [7, 11) is 1.94. The Hall–Kier alpha value is -0.420. The van der Waals surface area contributed by atoms with Crippen molar-refractivity contribution in [1.82, 2.24) is 16.0 Å². The van der Waals surface area contributed by atoms with Gasteiger partial charge in [0.2, 0.25) is 0 Å². The standard InChI is InChI=1S/C14H31N3O/c1-5-7-10-16-13(15-4)17-11-8-14(3,6-2)9-12-18/h6,13,15-18H,2,5,7-12H2,1,3-4H3. The van der Waals surface area contributed by atoms with Gasteiger partial charge < -0.3 is 5.11 Å². The zero-order valence-corrected chi connectivity index (χ0v) is 12.3. The molecule has 0 saturated heterocycles. The van der Waals surface area contributed by atoms with E-state index in [0.717, 1.165) is 25.9 Å². The number of aliphatic hydroxyl groups excluding tert-OH is 1. The molecule has 0 bridgehead atoms. The molecule has 0 aliphatic rings. The highest BCUT2D eigenvalue weighted by molar-refractivity contribution is 4.91. The molecular formula is C14H31N3O. The molecule has 0 radical (unpaired) electrons. The Morgan fingerprint density at radius 3 is 2.44 bits per heavy atom. The lowest BCUT2D eigenvalue weighted by atomic mass is 9.84. The summed E-state index contributed by atoms with van der Waals surface area (Å²) in [5, 5.41) is 19.1. The van der Waals surface area contributed by atoms with Gasteiger partial charge in [-0.2, -0.15) is 0 Å². The maximum Gasteiger partial charge on any atom is 0.111 e. The normalized spacial score (nSPS) is 16.2. The van der Waals surface area contributed by atoms with Crippen molar-refractivity contribution in [2.24, 2.45) is 5.41 Å². The minimum absolute atomic E-state index is 0.0173. The summed E-state index contributed by atoms with van der Waals surface area (Å²) in [4.78, 5) is 0. The number of unbranched alkanes of at least 4 members (excludes halogenated alkanes) is 1. The molecule has 0 aromatic heterocycles. The minimum atomic E-state index is 0.0173. The Bertz CT molecular complexity index is 211. The molecule has 0 spiro atoms. The lowest BCUT2D eigenvalue weighted by molar-refractivity contribution is 0.218. The Kier molecular flexibility index (Phi) is 10.3. The third-order valence-electron chi connectivity index (χ3n) is 3.39. The Labute approximate surface area is 112 Å². The van der Waals surface area contributed by atoms with Gasteiger partial charge in [0.05, 0.1) is 0 Å². The topological polar surface area (TPSA) is 56.3 Å². The number of aliphatic hydroxyl groups is 1. The molecule has 4 heteroatoms. The molecule has 0 saturated carbocycles. The second-order valence-corrected chi connectivity index (χ2v) is 5.07. The van der Waals surface area contributed by atoms with Gasteiger partial charge in [0.15, 0.2) is 0 Å². The van der Waals surface area contributed by atoms with Crippen LogP contribution < -0.4 is 16.0 Å². The molecule has 0 amide bonds. The van der Waals surface area contributed by atoms with Crippen LogP contribution in [0, 0.1) is 5.41 Å². The van der Waals surface area contributed by atoms with Crippen molar-refractivity contribution in [3.8, 4) is 0 Å². The molecule has 0 aliphatic carbocycles. The van der Waals surface area contributed by atoms with Crippen molar-refractivity contribution in [2.45, 2.75) is 45.8 Å². The van der Waals surface area contributed by atoms with E-state index in [9.17, 15) is 0 Å². The van der Waals surface area contributed by atoms with E-state index in [2.05, 4.69) is 36.4 Å². The Morgan fingerprint density at radius 2 is 1.94 bits per heavy atom. The molecule has 18 heavy (non-hydrogen) atoms. The first-order valence-corrected chi connectivity index (χ1v) is 7.00. The van der Waals surface area contributed by atoms with Crippen molar-refractivity contribution in [1.29, 1.82) is 0 Å². The first kappa shape index (κ1) is 17.6. The van der Waals surface area contributed by atoms with E-state index < -0.39 is 0 Å². The maximum atomic E-state index is 9.04. The van der Waals surface area contributed by atoms with Crippen LogP contribution in [0.15, 0.2) is 12.7 Å². The van der Waals surface area contributed by atoms with Crippen LogP contribution in [0.4, 0.5) is 0 Å². The van der Waals surface area contributed by atoms with Gasteiger partial charge in [-0.05, 0) is 44.8 Å². The molecule has 4 nitrogen and oxygen atoms in total. The van der Waals surface area contributed by atoms with Crippen molar-refractivity contribution >= 4 is 0 Å². The fourth-order valence-corrected chi connectivity index (χ4v) is 1.79. The number of nitrogens with one attached hydrogen (secondary N) is 3. The van der Waals surface area contributed by atoms with Crippen LogP contribution in [0.5, 0.6) is 0 Å². The third-order valence-corrected chi connectivity index (χ3v) is 3.39. The zero-order valence-electron chi connectivity index (χ0n) is 12.3. The van der Waals surface area contributed by atoms with Crippen LogP contribution in [-0.4, -0.2) is 38.1 Å². The SMILES string of the molecule is C=CC(C)(CCO)CCNC(NC)NCCCC. The largest absolute Gasteiger partial charge is 0.396 e. The Balaban J connectivity index is 3.86. The summed E-state index contributed by atoms with van der Waals surface area (Å²) in [6.45, 7) is 10.3. The summed E-state index contributed by atoms with van der Waals surface area (Å²) < 4.78 is 0. The number of rotatable bonds is 12. The fraction of sp³-hybridized carbons (Fsp3) is 0.857. The lowest BCUT2D eigenvalue weighted by Crippen LogP contribution is -2.52. The first-order valence-electron chi connectivity index (χ1n) is 7.00. The summed E-state index contributed by atoms with van der Waals surface area (Å²) in [6.07, 6.45) is 6.24. The summed E-state index contributed by atoms with van der Waals surface area (Å²) in [5.41, 5.74) is 0.0173. The van der Waals surface area contributed by atoms with Gasteiger partial charge in [0.1, 0.15) is 6.29 Å². The molecule has 108 valence electrons. The Morgan fingerprint density at radius 1 is 1.28 bits per heavy atom. The molecule has 4 N–H and O–H groups in total. The van der Waals surface area contributed by atoms with E-state index in [1.54, 1.807) is 0 Å². The van der Waals surface area contributed by atoms with E-state index in [1.807, 2.05) is 13.1 Å². The molecular weight excluding hydrogens is 226 g/mol. The molecule has 2 atom stereocenters. The minimum Gasteiger partial charge on any atom is -0.396 e. The number of hydrogen-bond acceptors (Lipinski definition) is 4. The van der Waals surface area contributed by atoms with Crippen molar-refractivity contribution in [3.63, 3.8) is 0 Å². The average Bonchev–Trinajstić information content (AvgIpc) is 2.37. The molecule has 0 rings (SSSR count). The predicted octanol–water partition coefficient (Wildman–Crippen LogP) is 1.43. The van der Waals surface area contributed by atoms with E-state index >= 15 is 0 Å². The average molecular weight is 257 g/mol. The highest BCUT2D eigenvalue weighted by atomic mass is 16.3. The molecule has 0 fully saturated rings. The van der Waals surface area contributed by atoms with Crippen LogP contribution in [-0.2, 0) is 0 Å². The van der Waals surface area contributed by atoms with Crippen LogP contribution in [0.2, 0.25) is 0 Å². The van der Waals surface area contributed by atoms with Gasteiger partial charge in [0, 0.05) is 6.61 Å². The number of hydrogen-bond donors (Lipinski definition) is 4. The quantitative estimate of drug-likeness (QED) is 0.243. The first-order chi connectivity index (χ1) is 8.61. The van der Waals surface area contributed by atoms with Crippen LogP contribution in [0.3, 0.4) is 0 Å². The van der Waals surface area contributed by atoms with Crippen LogP contribution in [0.1, 0.15) is 39.5 Å². The maximum absolute atomic E-state index is 9.04. The van der Waals surface area contributed by atoms with E-state index in [-0.39, 0.29) is 18.3 Å². The molecule has 0 aromatic carbocycles. The second kappa shape index (κ2) is 10.5. The van der Waals surface area contributed by atoms with Crippen LogP contribution >= 0.6 is 0 Å². The molecule has 0 aliphatic heterocycles. The summed E-state index contributed by atoms with van der Waals surface area (Å²) >= 11 is 0. The number of allylic oxidation sites excluding steroid dienone is 1. The summed E-state index contributed by atoms with van der Waals surface area (Å²) in [5.74, 6) is 0. The third kappa shape index (κ3) is 7.82.